The topological polar surface area (TPSA) is 59.3 Å². The monoisotopic (exact) mass is 291 g/mol. The third-order valence-corrected chi connectivity index (χ3v) is 3.22. The molecular weight excluding hydrogens is 278 g/mol. The molecule has 1 N–H and O–H groups in total. The molecule has 0 atom stereocenters. The number of anilines is 1. The standard InChI is InChI=1S/C18H13NO3/c20-17-11-10-14(12-22-17)18(21)19-16-9-5-4-8-15(16)13-6-2-1-3-7-13/h1-12H,(H,19,21). The molecule has 0 bridgehead atoms. The van der Waals surface area contributed by atoms with Crippen LogP contribution in [-0.2, 0) is 0 Å². The maximum Gasteiger partial charge on any atom is 0.335 e. The molecule has 1 amide bonds. The highest BCUT2D eigenvalue weighted by Gasteiger charge is 2.10. The third kappa shape index (κ3) is 2.96. The smallest absolute Gasteiger partial charge is 0.335 e. The third-order valence-electron chi connectivity index (χ3n) is 3.22. The fraction of sp³-hybridized carbons (Fsp3) is 0. The Hall–Kier alpha value is -3.14. The maximum atomic E-state index is 12.2. The van der Waals surface area contributed by atoms with Crippen molar-refractivity contribution in [3.63, 3.8) is 0 Å². The SMILES string of the molecule is O=C(Nc1ccccc1-c1ccccc1)c1ccc(=O)oc1. The molecule has 0 saturated carbocycles. The van der Waals surface area contributed by atoms with Gasteiger partial charge in [0.2, 0.25) is 0 Å². The summed E-state index contributed by atoms with van der Waals surface area (Å²) in [5, 5.41) is 2.84. The van der Waals surface area contributed by atoms with Gasteiger partial charge < -0.3 is 9.73 Å². The highest BCUT2D eigenvalue weighted by atomic mass is 16.4. The Bertz CT molecular complexity index is 833. The van der Waals surface area contributed by atoms with Crippen molar-refractivity contribution in [2.45, 2.75) is 0 Å². The van der Waals surface area contributed by atoms with Gasteiger partial charge in [-0.15, -0.1) is 0 Å². The summed E-state index contributed by atoms with van der Waals surface area (Å²) in [6.07, 6.45) is 1.16. The van der Waals surface area contributed by atoms with E-state index in [1.807, 2.05) is 54.6 Å². The summed E-state index contributed by atoms with van der Waals surface area (Å²) in [7, 11) is 0. The van der Waals surface area contributed by atoms with Crippen LogP contribution in [0, 0.1) is 0 Å². The van der Waals surface area contributed by atoms with E-state index < -0.39 is 5.63 Å². The maximum absolute atomic E-state index is 12.2. The fourth-order valence-corrected chi connectivity index (χ4v) is 2.14. The normalized spacial score (nSPS) is 10.2. The van der Waals surface area contributed by atoms with E-state index in [4.69, 9.17) is 4.42 Å². The summed E-state index contributed by atoms with van der Waals surface area (Å²) in [5.74, 6) is -0.327. The molecule has 3 aromatic rings. The molecule has 0 aliphatic rings. The zero-order valence-corrected chi connectivity index (χ0v) is 11.7. The van der Waals surface area contributed by atoms with Gasteiger partial charge in [-0.1, -0.05) is 48.5 Å². The number of hydrogen-bond acceptors (Lipinski definition) is 3. The molecule has 3 rings (SSSR count). The van der Waals surface area contributed by atoms with Crippen LogP contribution in [0.3, 0.4) is 0 Å². The summed E-state index contributed by atoms with van der Waals surface area (Å²) in [5.41, 5.74) is 2.44. The lowest BCUT2D eigenvalue weighted by Gasteiger charge is -2.11. The molecule has 22 heavy (non-hydrogen) atoms. The van der Waals surface area contributed by atoms with Crippen LogP contribution < -0.4 is 10.9 Å². The Labute approximate surface area is 127 Å². The van der Waals surface area contributed by atoms with Crippen LogP contribution in [-0.4, -0.2) is 5.91 Å². The minimum atomic E-state index is -0.485. The Morgan fingerprint density at radius 3 is 2.32 bits per heavy atom. The van der Waals surface area contributed by atoms with Crippen molar-refractivity contribution < 1.29 is 9.21 Å². The summed E-state index contributed by atoms with van der Waals surface area (Å²) in [6, 6.07) is 20.0. The lowest BCUT2D eigenvalue weighted by atomic mass is 10.0. The van der Waals surface area contributed by atoms with E-state index in [2.05, 4.69) is 5.32 Å². The first-order valence-electron chi connectivity index (χ1n) is 6.79. The van der Waals surface area contributed by atoms with Crippen LogP contribution in [0.15, 0.2) is 82.2 Å². The van der Waals surface area contributed by atoms with E-state index in [0.717, 1.165) is 17.4 Å². The minimum Gasteiger partial charge on any atom is -0.430 e. The number of carbonyl (C=O) groups excluding carboxylic acids is 1. The van der Waals surface area contributed by atoms with Crippen molar-refractivity contribution in [1.82, 2.24) is 0 Å². The molecule has 108 valence electrons. The minimum absolute atomic E-state index is 0.294. The lowest BCUT2D eigenvalue weighted by molar-refractivity contribution is 0.102. The predicted molar refractivity (Wildman–Crippen MR) is 84.8 cm³/mol. The molecule has 4 nitrogen and oxygen atoms in total. The first kappa shape index (κ1) is 13.8. The number of rotatable bonds is 3. The number of amides is 1. The van der Waals surface area contributed by atoms with Crippen LogP contribution >= 0.6 is 0 Å². The van der Waals surface area contributed by atoms with Gasteiger partial charge in [0.05, 0.1) is 5.56 Å². The summed E-state index contributed by atoms with van der Waals surface area (Å²) >= 11 is 0. The van der Waals surface area contributed by atoms with Crippen molar-refractivity contribution in [2.24, 2.45) is 0 Å². The molecule has 0 aliphatic heterocycles. The van der Waals surface area contributed by atoms with Crippen LogP contribution in [0.5, 0.6) is 0 Å². The van der Waals surface area contributed by atoms with Crippen molar-refractivity contribution in [1.29, 1.82) is 0 Å². The van der Waals surface area contributed by atoms with Gasteiger partial charge in [-0.05, 0) is 17.7 Å². The van der Waals surface area contributed by atoms with Crippen molar-refractivity contribution >= 4 is 11.6 Å². The number of carbonyl (C=O) groups is 1. The highest BCUT2D eigenvalue weighted by Crippen LogP contribution is 2.27. The number of hydrogen-bond donors (Lipinski definition) is 1. The first-order chi connectivity index (χ1) is 10.7. The van der Waals surface area contributed by atoms with Crippen LogP contribution in [0.4, 0.5) is 5.69 Å². The van der Waals surface area contributed by atoms with E-state index in [1.54, 1.807) is 0 Å². The fourth-order valence-electron chi connectivity index (χ4n) is 2.14. The van der Waals surface area contributed by atoms with Gasteiger partial charge in [-0.2, -0.15) is 0 Å². The van der Waals surface area contributed by atoms with E-state index in [-0.39, 0.29) is 5.91 Å². The highest BCUT2D eigenvalue weighted by molar-refractivity contribution is 6.05. The first-order valence-corrected chi connectivity index (χ1v) is 6.79. The Morgan fingerprint density at radius 1 is 0.864 bits per heavy atom. The molecule has 1 aromatic heterocycles. The van der Waals surface area contributed by atoms with Crippen molar-refractivity contribution in [2.75, 3.05) is 5.32 Å². The molecule has 0 spiro atoms. The van der Waals surface area contributed by atoms with E-state index >= 15 is 0 Å². The van der Waals surface area contributed by atoms with E-state index in [1.165, 1.54) is 12.1 Å². The number of para-hydroxylation sites is 1. The average Bonchev–Trinajstić information content (AvgIpc) is 2.57. The van der Waals surface area contributed by atoms with Gasteiger partial charge in [0.25, 0.3) is 5.91 Å². The zero-order valence-electron chi connectivity index (χ0n) is 11.7. The second kappa shape index (κ2) is 6.10. The second-order valence-corrected chi connectivity index (χ2v) is 4.71. The Balaban J connectivity index is 1.91. The van der Waals surface area contributed by atoms with Gasteiger partial charge >= 0.3 is 5.63 Å². The van der Waals surface area contributed by atoms with Gasteiger partial charge in [0, 0.05) is 17.3 Å². The van der Waals surface area contributed by atoms with Gasteiger partial charge in [-0.3, -0.25) is 4.79 Å². The molecule has 0 radical (unpaired) electrons. The zero-order chi connectivity index (χ0) is 15.4. The van der Waals surface area contributed by atoms with E-state index in [0.29, 0.717) is 11.3 Å². The molecule has 0 saturated heterocycles. The van der Waals surface area contributed by atoms with Crippen molar-refractivity contribution in [3.05, 3.63) is 89.0 Å². The molecule has 4 heteroatoms. The van der Waals surface area contributed by atoms with Crippen molar-refractivity contribution in [3.8, 4) is 11.1 Å². The van der Waals surface area contributed by atoms with Gasteiger partial charge in [0.1, 0.15) is 6.26 Å². The molecule has 0 fully saturated rings. The quantitative estimate of drug-likeness (QED) is 0.802. The number of benzene rings is 2. The lowest BCUT2D eigenvalue weighted by Crippen LogP contribution is -2.13. The number of nitrogens with one attached hydrogen (secondary N) is 1. The molecule has 2 aromatic carbocycles. The van der Waals surface area contributed by atoms with Crippen LogP contribution in [0.25, 0.3) is 11.1 Å². The van der Waals surface area contributed by atoms with Crippen LogP contribution in [0.1, 0.15) is 10.4 Å². The molecule has 1 heterocycles. The predicted octanol–water partition coefficient (Wildman–Crippen LogP) is 3.56. The molecule has 0 unspecified atom stereocenters. The average molecular weight is 291 g/mol. The Morgan fingerprint density at radius 2 is 1.59 bits per heavy atom. The van der Waals surface area contributed by atoms with Gasteiger partial charge in [0.15, 0.2) is 0 Å². The summed E-state index contributed by atoms with van der Waals surface area (Å²) in [6.45, 7) is 0. The molecule has 0 aliphatic carbocycles. The van der Waals surface area contributed by atoms with E-state index in [9.17, 15) is 9.59 Å². The largest absolute Gasteiger partial charge is 0.430 e. The second-order valence-electron chi connectivity index (χ2n) is 4.71. The van der Waals surface area contributed by atoms with Gasteiger partial charge in [-0.25, -0.2) is 4.79 Å². The van der Waals surface area contributed by atoms with Crippen LogP contribution in [0.2, 0.25) is 0 Å². The summed E-state index contributed by atoms with van der Waals surface area (Å²) < 4.78 is 4.72. The Kier molecular flexibility index (Phi) is 3.83. The summed E-state index contributed by atoms with van der Waals surface area (Å²) in [4.78, 5) is 23.2. The molecular formula is C18H13NO3.